The van der Waals surface area contributed by atoms with E-state index in [1.807, 2.05) is 0 Å². The van der Waals surface area contributed by atoms with Crippen LogP contribution in [0.15, 0.2) is 0 Å². The molecule has 200 valence electrons. The predicted octanol–water partition coefficient (Wildman–Crippen LogP) is 6.76. The molecular weight excluding hydrogens is 446 g/mol. The van der Waals surface area contributed by atoms with E-state index < -0.39 is 0 Å². The number of rotatable bonds is 4. The summed E-state index contributed by atoms with van der Waals surface area (Å²) in [5.41, 5.74) is 0.593. The molecule has 0 aliphatic heterocycles. The Balaban J connectivity index is 1.15. The van der Waals surface area contributed by atoms with Crippen molar-refractivity contribution >= 4 is 11.9 Å². The number of nitrogens with zero attached hydrogens (tertiary/aromatic N) is 1. The van der Waals surface area contributed by atoms with Gasteiger partial charge in [0.05, 0.1) is 12.5 Å². The van der Waals surface area contributed by atoms with Crippen molar-refractivity contribution < 1.29 is 14.3 Å². The average molecular weight is 496 g/mol. The maximum Gasteiger partial charge on any atom is 0.312 e. The summed E-state index contributed by atoms with van der Waals surface area (Å²) in [6.45, 7) is 0. The number of carbonyl (C=O) groups excluding carboxylic acids is 2. The molecule has 4 heteroatoms. The molecule has 6 bridgehead atoms. The monoisotopic (exact) mass is 495 g/mol. The number of hydrogen-bond donors (Lipinski definition) is 0. The third kappa shape index (κ3) is 3.36. The van der Waals surface area contributed by atoms with E-state index in [2.05, 4.69) is 11.9 Å². The first-order chi connectivity index (χ1) is 17.4. The molecule has 7 saturated carbocycles. The van der Waals surface area contributed by atoms with Gasteiger partial charge in [-0.15, -0.1) is 0 Å². The number of hydrogen-bond acceptors (Lipinski definition) is 3. The molecule has 9 unspecified atom stereocenters. The maximum atomic E-state index is 13.8. The second-order valence-corrected chi connectivity index (χ2v) is 15.1. The second-order valence-electron chi connectivity index (χ2n) is 15.1. The Kier molecular flexibility index (Phi) is 5.65. The zero-order chi connectivity index (χ0) is 24.7. The standard InChI is InChI=1S/C32H49NO3/c1-33(27-8-4-3-5-9-27)28(34)23-11-22-12-24-17-30(16-22,18-25(24)14-23)31-15-21-7-6-10-32(20-31,29(35)36-2)26(13-21)19-31/h21-27H,3-20H2,1-2H3. The highest BCUT2D eigenvalue weighted by atomic mass is 16.5. The van der Waals surface area contributed by atoms with Crippen LogP contribution in [0.2, 0.25) is 0 Å². The zero-order valence-corrected chi connectivity index (χ0v) is 22.9. The minimum Gasteiger partial charge on any atom is -0.469 e. The van der Waals surface area contributed by atoms with Crippen molar-refractivity contribution in [3.8, 4) is 0 Å². The van der Waals surface area contributed by atoms with Crippen molar-refractivity contribution in [1.82, 2.24) is 4.90 Å². The van der Waals surface area contributed by atoms with Crippen LogP contribution in [0.4, 0.5) is 0 Å². The van der Waals surface area contributed by atoms with E-state index in [1.54, 1.807) is 7.11 Å². The third-order valence-electron chi connectivity index (χ3n) is 13.6. The smallest absolute Gasteiger partial charge is 0.312 e. The first kappa shape index (κ1) is 24.0. The highest BCUT2D eigenvalue weighted by Gasteiger charge is 2.71. The van der Waals surface area contributed by atoms with Crippen LogP contribution in [0.1, 0.15) is 116 Å². The maximum absolute atomic E-state index is 13.8. The molecule has 0 heterocycles. The van der Waals surface area contributed by atoms with E-state index in [0.29, 0.717) is 34.6 Å². The predicted molar refractivity (Wildman–Crippen MR) is 140 cm³/mol. The number of fused-ring (bicyclic) bond motifs is 5. The molecule has 7 fully saturated rings. The molecule has 0 radical (unpaired) electrons. The lowest BCUT2D eigenvalue weighted by Gasteiger charge is -2.55. The lowest BCUT2D eigenvalue weighted by Crippen LogP contribution is -2.47. The van der Waals surface area contributed by atoms with Gasteiger partial charge in [-0.3, -0.25) is 9.59 Å². The lowest BCUT2D eigenvalue weighted by molar-refractivity contribution is -0.156. The van der Waals surface area contributed by atoms with Crippen LogP contribution in [0.25, 0.3) is 0 Å². The minimum atomic E-state index is -0.194. The van der Waals surface area contributed by atoms with Gasteiger partial charge in [-0.2, -0.15) is 0 Å². The Morgan fingerprint density at radius 1 is 0.778 bits per heavy atom. The summed E-state index contributed by atoms with van der Waals surface area (Å²) in [6, 6.07) is 0.486. The number of amides is 1. The Labute approximate surface area is 218 Å². The molecule has 0 saturated heterocycles. The van der Waals surface area contributed by atoms with Crippen LogP contribution in [0.5, 0.6) is 0 Å². The minimum absolute atomic E-state index is 0.121. The molecule has 36 heavy (non-hydrogen) atoms. The first-order valence-corrected chi connectivity index (χ1v) is 15.7. The quantitative estimate of drug-likeness (QED) is 0.405. The Bertz CT molecular complexity index is 907. The number of esters is 1. The van der Waals surface area contributed by atoms with Crippen LogP contribution in [-0.2, 0) is 14.3 Å². The normalized spacial score (nSPS) is 49.5. The van der Waals surface area contributed by atoms with E-state index in [1.165, 1.54) is 89.9 Å². The van der Waals surface area contributed by atoms with Crippen molar-refractivity contribution in [2.24, 2.45) is 51.8 Å². The van der Waals surface area contributed by atoms with E-state index in [-0.39, 0.29) is 17.3 Å². The summed E-state index contributed by atoms with van der Waals surface area (Å²) < 4.78 is 5.53. The van der Waals surface area contributed by atoms with Crippen LogP contribution < -0.4 is 0 Å². The summed E-state index contributed by atoms with van der Waals surface area (Å²) in [6.07, 6.45) is 22.7. The van der Waals surface area contributed by atoms with Gasteiger partial charge >= 0.3 is 5.97 Å². The van der Waals surface area contributed by atoms with Gasteiger partial charge in [0.15, 0.2) is 0 Å². The molecule has 7 aliphatic rings. The highest BCUT2D eigenvalue weighted by molar-refractivity contribution is 5.79. The van der Waals surface area contributed by atoms with Gasteiger partial charge in [0, 0.05) is 19.0 Å². The number of carbonyl (C=O) groups is 2. The van der Waals surface area contributed by atoms with Gasteiger partial charge in [-0.1, -0.05) is 32.1 Å². The lowest BCUT2D eigenvalue weighted by atomic mass is 9.50. The van der Waals surface area contributed by atoms with Crippen LogP contribution >= 0.6 is 0 Å². The molecular formula is C32H49NO3. The van der Waals surface area contributed by atoms with Crippen molar-refractivity contribution in [3.05, 3.63) is 0 Å². The van der Waals surface area contributed by atoms with Crippen molar-refractivity contribution in [1.29, 1.82) is 0 Å². The molecule has 7 aliphatic carbocycles. The van der Waals surface area contributed by atoms with Crippen molar-refractivity contribution in [2.45, 2.75) is 122 Å². The molecule has 0 aromatic rings. The van der Waals surface area contributed by atoms with Crippen LogP contribution in [0, 0.1) is 51.8 Å². The van der Waals surface area contributed by atoms with E-state index in [9.17, 15) is 9.59 Å². The third-order valence-corrected chi connectivity index (χ3v) is 13.6. The summed E-state index contributed by atoms with van der Waals surface area (Å²) in [7, 11) is 3.75. The molecule has 4 nitrogen and oxygen atoms in total. The molecule has 7 rings (SSSR count). The van der Waals surface area contributed by atoms with Gasteiger partial charge in [-0.05, 0) is 124 Å². The molecule has 0 aromatic carbocycles. The Morgan fingerprint density at radius 3 is 2.31 bits per heavy atom. The molecule has 0 spiro atoms. The van der Waals surface area contributed by atoms with Gasteiger partial charge in [0.2, 0.25) is 5.91 Å². The van der Waals surface area contributed by atoms with Gasteiger partial charge in [0.25, 0.3) is 0 Å². The van der Waals surface area contributed by atoms with Crippen LogP contribution in [-0.4, -0.2) is 37.0 Å². The molecule has 1 amide bonds. The topological polar surface area (TPSA) is 46.6 Å². The molecule has 9 atom stereocenters. The first-order valence-electron chi connectivity index (χ1n) is 15.7. The van der Waals surface area contributed by atoms with E-state index in [0.717, 1.165) is 43.4 Å². The SMILES string of the molecule is COC(=O)C12CCCC3CC1CC(C14CC5CC(C(=O)N(C)C6CCCCC6)CC(C1)C(C5)C4)(C3)C2. The summed E-state index contributed by atoms with van der Waals surface area (Å²) in [5, 5.41) is 0. The largest absolute Gasteiger partial charge is 0.469 e. The van der Waals surface area contributed by atoms with Gasteiger partial charge < -0.3 is 9.64 Å². The Hall–Kier alpha value is -1.06. The zero-order valence-electron chi connectivity index (χ0n) is 22.9. The van der Waals surface area contributed by atoms with E-state index in [4.69, 9.17) is 4.74 Å². The number of ether oxygens (including phenoxy) is 1. The van der Waals surface area contributed by atoms with Crippen molar-refractivity contribution in [2.75, 3.05) is 14.2 Å². The number of methoxy groups -OCH3 is 1. The molecule has 0 N–H and O–H groups in total. The van der Waals surface area contributed by atoms with Crippen molar-refractivity contribution in [3.63, 3.8) is 0 Å². The fraction of sp³-hybridized carbons (Fsp3) is 0.938. The average Bonchev–Trinajstić information content (AvgIpc) is 3.18. The van der Waals surface area contributed by atoms with E-state index >= 15 is 0 Å². The second kappa shape index (κ2) is 8.47. The van der Waals surface area contributed by atoms with Crippen LogP contribution in [0.3, 0.4) is 0 Å². The Morgan fingerprint density at radius 2 is 1.53 bits per heavy atom. The summed E-state index contributed by atoms with van der Waals surface area (Å²) in [4.78, 5) is 29.3. The highest BCUT2D eigenvalue weighted by Crippen LogP contribution is 2.78. The van der Waals surface area contributed by atoms with Gasteiger partial charge in [0.1, 0.15) is 0 Å². The fourth-order valence-corrected chi connectivity index (χ4v) is 12.4. The molecule has 0 aromatic heterocycles. The van der Waals surface area contributed by atoms with Gasteiger partial charge in [-0.25, -0.2) is 0 Å². The summed E-state index contributed by atoms with van der Waals surface area (Å²) >= 11 is 0. The fourth-order valence-electron chi connectivity index (χ4n) is 12.4. The summed E-state index contributed by atoms with van der Waals surface area (Å²) in [5.74, 6) is 4.51.